The van der Waals surface area contributed by atoms with E-state index in [0.29, 0.717) is 37.4 Å². The minimum atomic E-state index is -0.505. The molecule has 10 heteroatoms. The van der Waals surface area contributed by atoms with Gasteiger partial charge in [-0.3, -0.25) is 19.7 Å². The number of carbonyl (C=O) groups excluding carboxylic acids is 1. The van der Waals surface area contributed by atoms with E-state index in [1.54, 1.807) is 4.90 Å². The molecule has 0 atom stereocenters. The smallest absolute Gasteiger partial charge is 0.287 e. The third-order valence-electron chi connectivity index (χ3n) is 4.29. The zero-order valence-electron chi connectivity index (χ0n) is 14.0. The van der Waals surface area contributed by atoms with Crippen molar-refractivity contribution in [1.29, 1.82) is 0 Å². The van der Waals surface area contributed by atoms with Crippen LogP contribution in [-0.2, 0) is 7.05 Å². The molecule has 0 aliphatic carbocycles. The highest BCUT2D eigenvalue weighted by Crippen LogP contribution is 2.23. The number of halogens is 1. The van der Waals surface area contributed by atoms with Crippen LogP contribution in [0.25, 0.3) is 0 Å². The van der Waals surface area contributed by atoms with E-state index in [4.69, 9.17) is 11.6 Å². The molecule has 2 heterocycles. The van der Waals surface area contributed by atoms with E-state index in [1.807, 2.05) is 4.90 Å². The normalized spacial score (nSPS) is 14.4. The van der Waals surface area contributed by atoms with Crippen LogP contribution in [0.15, 0.2) is 35.3 Å². The monoisotopic (exact) mass is 377 g/mol. The van der Waals surface area contributed by atoms with Crippen molar-refractivity contribution in [2.24, 2.45) is 7.05 Å². The summed E-state index contributed by atoms with van der Waals surface area (Å²) in [6.45, 7) is 1.91. The van der Waals surface area contributed by atoms with Gasteiger partial charge in [-0.05, 0) is 12.1 Å². The van der Waals surface area contributed by atoms with Crippen molar-refractivity contribution in [3.63, 3.8) is 0 Å². The lowest BCUT2D eigenvalue weighted by Crippen LogP contribution is -2.49. The number of piperazine rings is 1. The fourth-order valence-electron chi connectivity index (χ4n) is 2.78. The first-order chi connectivity index (χ1) is 12.4. The fraction of sp³-hybridized carbons (Fsp3) is 0.312. The summed E-state index contributed by atoms with van der Waals surface area (Å²) in [5.74, 6) is -0.187. The van der Waals surface area contributed by atoms with Gasteiger partial charge >= 0.3 is 0 Å². The molecule has 1 aliphatic heterocycles. The molecular formula is C16H16ClN5O4. The third-order valence-corrected chi connectivity index (χ3v) is 4.65. The number of nitro benzene ring substituents is 1. The maximum Gasteiger partial charge on any atom is 0.287 e. The van der Waals surface area contributed by atoms with Crippen LogP contribution in [-0.4, -0.2) is 51.7 Å². The molecule has 1 saturated heterocycles. The van der Waals surface area contributed by atoms with Gasteiger partial charge < -0.3 is 9.80 Å². The van der Waals surface area contributed by atoms with Crippen molar-refractivity contribution in [3.05, 3.63) is 61.5 Å². The molecule has 1 amide bonds. The van der Waals surface area contributed by atoms with Crippen molar-refractivity contribution in [2.45, 2.75) is 0 Å². The van der Waals surface area contributed by atoms with E-state index in [-0.39, 0.29) is 22.2 Å². The number of hydrogen-bond acceptors (Lipinski definition) is 6. The van der Waals surface area contributed by atoms with Crippen molar-refractivity contribution in [1.82, 2.24) is 14.7 Å². The number of aromatic nitrogens is 2. The van der Waals surface area contributed by atoms with Gasteiger partial charge in [-0.2, -0.15) is 5.10 Å². The minimum Gasteiger partial charge on any atom is -0.365 e. The second-order valence-corrected chi connectivity index (χ2v) is 6.23. The molecule has 0 N–H and O–H groups in total. The average Bonchev–Trinajstić information content (AvgIpc) is 2.66. The number of nitro groups is 1. The number of amides is 1. The van der Waals surface area contributed by atoms with Crippen LogP contribution in [0.1, 0.15) is 10.4 Å². The second kappa shape index (κ2) is 7.12. The average molecular weight is 378 g/mol. The predicted octanol–water partition coefficient (Wildman–Crippen LogP) is 1.30. The van der Waals surface area contributed by atoms with Gasteiger partial charge in [0.15, 0.2) is 0 Å². The Morgan fingerprint density at radius 1 is 1.19 bits per heavy atom. The molecule has 26 heavy (non-hydrogen) atoms. The molecule has 3 rings (SSSR count). The van der Waals surface area contributed by atoms with E-state index >= 15 is 0 Å². The quantitative estimate of drug-likeness (QED) is 0.590. The van der Waals surface area contributed by atoms with Crippen molar-refractivity contribution >= 4 is 28.9 Å². The van der Waals surface area contributed by atoms with Gasteiger partial charge in [0.05, 0.1) is 16.8 Å². The number of carbonyl (C=O) groups is 1. The Morgan fingerprint density at radius 2 is 1.81 bits per heavy atom. The zero-order chi connectivity index (χ0) is 18.8. The van der Waals surface area contributed by atoms with E-state index in [9.17, 15) is 19.7 Å². The highest BCUT2D eigenvalue weighted by molar-refractivity contribution is 6.33. The number of anilines is 1. The molecule has 9 nitrogen and oxygen atoms in total. The van der Waals surface area contributed by atoms with Crippen LogP contribution in [0.4, 0.5) is 11.4 Å². The first-order valence-electron chi connectivity index (χ1n) is 7.89. The summed E-state index contributed by atoms with van der Waals surface area (Å²) in [7, 11) is 1.53. The van der Waals surface area contributed by atoms with Gasteiger partial charge in [0.2, 0.25) is 0 Å². The highest BCUT2D eigenvalue weighted by atomic mass is 35.5. The van der Waals surface area contributed by atoms with Crippen LogP contribution in [0, 0.1) is 10.1 Å². The Labute approximate surface area is 153 Å². The largest absolute Gasteiger partial charge is 0.365 e. The minimum absolute atomic E-state index is 0.0563. The standard InChI is InChI=1S/C16H16ClN5O4/c1-19-16(24)14(17)13(10-18-19)20-6-8-21(9-7-20)15(23)11-2-4-12(5-3-11)22(25)26/h2-5,10H,6-9H2,1H3. The van der Waals surface area contributed by atoms with Crippen LogP contribution in [0.5, 0.6) is 0 Å². The summed E-state index contributed by atoms with van der Waals surface area (Å²) in [5.41, 5.74) is 0.530. The molecule has 0 unspecified atom stereocenters. The van der Waals surface area contributed by atoms with E-state index in [0.717, 1.165) is 0 Å². The van der Waals surface area contributed by atoms with Gasteiger partial charge in [0.1, 0.15) is 5.02 Å². The number of benzene rings is 1. The first kappa shape index (κ1) is 17.9. The number of nitrogens with zero attached hydrogens (tertiary/aromatic N) is 5. The highest BCUT2D eigenvalue weighted by Gasteiger charge is 2.24. The number of hydrogen-bond donors (Lipinski definition) is 0. The Morgan fingerprint density at radius 3 is 2.38 bits per heavy atom. The molecule has 2 aromatic rings. The van der Waals surface area contributed by atoms with E-state index in [2.05, 4.69) is 5.10 Å². The predicted molar refractivity (Wildman–Crippen MR) is 95.7 cm³/mol. The summed E-state index contributed by atoms with van der Waals surface area (Å²) in [6.07, 6.45) is 1.54. The lowest BCUT2D eigenvalue weighted by molar-refractivity contribution is -0.384. The van der Waals surface area contributed by atoms with E-state index in [1.165, 1.54) is 42.2 Å². The summed E-state index contributed by atoms with van der Waals surface area (Å²) < 4.78 is 1.17. The van der Waals surface area contributed by atoms with Crippen molar-refractivity contribution < 1.29 is 9.72 Å². The first-order valence-corrected chi connectivity index (χ1v) is 8.27. The number of aryl methyl sites for hydroxylation is 1. The topological polar surface area (TPSA) is 102 Å². The molecule has 1 aliphatic rings. The second-order valence-electron chi connectivity index (χ2n) is 5.86. The summed E-state index contributed by atoms with van der Waals surface area (Å²) in [4.78, 5) is 38.2. The Kier molecular flexibility index (Phi) is 4.90. The Bertz CT molecular complexity index is 904. The number of non-ortho nitro benzene ring substituents is 1. The van der Waals surface area contributed by atoms with Gasteiger partial charge in [0.25, 0.3) is 17.2 Å². The van der Waals surface area contributed by atoms with Crippen molar-refractivity contribution in [3.8, 4) is 0 Å². The van der Waals surface area contributed by atoms with Crippen LogP contribution >= 0.6 is 11.6 Å². The fourth-order valence-corrected chi connectivity index (χ4v) is 3.07. The molecule has 0 saturated carbocycles. The Hall–Kier alpha value is -2.94. The van der Waals surface area contributed by atoms with Gasteiger partial charge in [-0.1, -0.05) is 11.6 Å². The summed E-state index contributed by atoms with van der Waals surface area (Å²) in [6, 6.07) is 5.53. The Balaban J connectivity index is 1.68. The van der Waals surface area contributed by atoms with Gasteiger partial charge in [0, 0.05) is 50.9 Å². The molecule has 1 fully saturated rings. The maximum atomic E-state index is 12.5. The molecule has 0 radical (unpaired) electrons. The third kappa shape index (κ3) is 3.38. The summed E-state index contributed by atoms with van der Waals surface area (Å²) >= 11 is 6.12. The van der Waals surface area contributed by atoms with Crippen LogP contribution in [0.3, 0.4) is 0 Å². The molecule has 0 spiro atoms. The number of rotatable bonds is 3. The van der Waals surface area contributed by atoms with E-state index < -0.39 is 4.92 Å². The molecular weight excluding hydrogens is 362 g/mol. The SMILES string of the molecule is Cn1ncc(N2CCN(C(=O)c3ccc([N+](=O)[O-])cc3)CC2)c(Cl)c1=O. The van der Waals surface area contributed by atoms with Gasteiger partial charge in [-0.15, -0.1) is 0 Å². The molecule has 136 valence electrons. The van der Waals surface area contributed by atoms with Gasteiger partial charge in [-0.25, -0.2) is 4.68 Å². The van der Waals surface area contributed by atoms with Crippen LogP contribution in [0.2, 0.25) is 5.02 Å². The summed E-state index contributed by atoms with van der Waals surface area (Å²) in [5, 5.41) is 14.8. The lowest BCUT2D eigenvalue weighted by Gasteiger charge is -2.36. The maximum absolute atomic E-state index is 12.5. The molecule has 0 bridgehead atoms. The molecule has 1 aromatic heterocycles. The zero-order valence-corrected chi connectivity index (χ0v) is 14.7. The molecule has 1 aromatic carbocycles. The van der Waals surface area contributed by atoms with Crippen molar-refractivity contribution in [2.75, 3.05) is 31.1 Å². The van der Waals surface area contributed by atoms with Crippen LogP contribution < -0.4 is 10.5 Å². The lowest BCUT2D eigenvalue weighted by atomic mass is 10.1.